The van der Waals surface area contributed by atoms with Gasteiger partial charge in [0.25, 0.3) is 5.91 Å². The molecule has 1 amide bonds. The Balaban J connectivity index is 1.46. The predicted octanol–water partition coefficient (Wildman–Crippen LogP) is 3.22. The quantitative estimate of drug-likeness (QED) is 0.882. The molecule has 0 spiro atoms. The standard InChI is InChI=1S/C21H25N3O/c25-21(18-8-9-19-17(14-18)10-11-22-19)23-15-20(24-12-4-5-13-24)16-6-2-1-3-7-16/h1-3,6-9,14,20,22H,4-5,10-13,15H2,(H,23,25). The lowest BCUT2D eigenvalue weighted by Crippen LogP contribution is -2.36. The average molecular weight is 335 g/mol. The van der Waals surface area contributed by atoms with Crippen LogP contribution in [0.5, 0.6) is 0 Å². The number of nitrogens with zero attached hydrogens (tertiary/aromatic N) is 1. The van der Waals surface area contributed by atoms with Crippen molar-refractivity contribution < 1.29 is 4.79 Å². The van der Waals surface area contributed by atoms with Crippen molar-refractivity contribution in [3.63, 3.8) is 0 Å². The van der Waals surface area contributed by atoms with Crippen molar-refractivity contribution in [2.24, 2.45) is 0 Å². The summed E-state index contributed by atoms with van der Waals surface area (Å²) in [7, 11) is 0. The van der Waals surface area contributed by atoms with Crippen LogP contribution in [0.2, 0.25) is 0 Å². The van der Waals surface area contributed by atoms with Crippen LogP contribution in [0.25, 0.3) is 0 Å². The van der Waals surface area contributed by atoms with E-state index in [9.17, 15) is 4.79 Å². The number of benzene rings is 2. The van der Waals surface area contributed by atoms with E-state index in [1.165, 1.54) is 24.0 Å². The molecule has 25 heavy (non-hydrogen) atoms. The molecule has 4 nitrogen and oxygen atoms in total. The van der Waals surface area contributed by atoms with Gasteiger partial charge in [-0.25, -0.2) is 0 Å². The summed E-state index contributed by atoms with van der Waals surface area (Å²) in [5.41, 5.74) is 4.45. The summed E-state index contributed by atoms with van der Waals surface area (Å²) in [6.45, 7) is 3.84. The summed E-state index contributed by atoms with van der Waals surface area (Å²) in [6.07, 6.45) is 3.49. The molecule has 1 atom stereocenters. The molecule has 1 saturated heterocycles. The third-order valence-corrected chi connectivity index (χ3v) is 5.30. The highest BCUT2D eigenvalue weighted by Crippen LogP contribution is 2.25. The molecule has 1 unspecified atom stereocenters. The lowest BCUT2D eigenvalue weighted by Gasteiger charge is -2.28. The van der Waals surface area contributed by atoms with Gasteiger partial charge >= 0.3 is 0 Å². The smallest absolute Gasteiger partial charge is 0.251 e. The summed E-state index contributed by atoms with van der Waals surface area (Å²) in [5.74, 6) is 0.0230. The van der Waals surface area contributed by atoms with Gasteiger partial charge in [-0.05, 0) is 61.7 Å². The third-order valence-electron chi connectivity index (χ3n) is 5.30. The zero-order valence-electron chi connectivity index (χ0n) is 14.5. The Morgan fingerprint density at radius 1 is 1.12 bits per heavy atom. The van der Waals surface area contributed by atoms with E-state index in [0.29, 0.717) is 6.54 Å². The molecule has 0 radical (unpaired) electrons. The number of hydrogen-bond donors (Lipinski definition) is 2. The van der Waals surface area contributed by atoms with Crippen molar-refractivity contribution in [3.05, 3.63) is 65.2 Å². The molecule has 0 bridgehead atoms. The van der Waals surface area contributed by atoms with E-state index in [0.717, 1.165) is 37.3 Å². The molecule has 130 valence electrons. The Morgan fingerprint density at radius 3 is 2.72 bits per heavy atom. The van der Waals surface area contributed by atoms with Gasteiger partial charge in [0, 0.05) is 24.3 Å². The number of amides is 1. The zero-order chi connectivity index (χ0) is 17.1. The predicted molar refractivity (Wildman–Crippen MR) is 101 cm³/mol. The van der Waals surface area contributed by atoms with Crippen LogP contribution in [-0.2, 0) is 6.42 Å². The van der Waals surface area contributed by atoms with Gasteiger partial charge in [0.1, 0.15) is 0 Å². The van der Waals surface area contributed by atoms with Crippen LogP contribution in [-0.4, -0.2) is 37.0 Å². The number of carbonyl (C=O) groups is 1. The fourth-order valence-corrected chi connectivity index (χ4v) is 3.92. The Kier molecular flexibility index (Phi) is 4.70. The second-order valence-electron chi connectivity index (χ2n) is 6.93. The lowest BCUT2D eigenvalue weighted by atomic mass is 10.0. The number of rotatable bonds is 5. The topological polar surface area (TPSA) is 44.4 Å². The van der Waals surface area contributed by atoms with E-state index in [4.69, 9.17) is 0 Å². The minimum atomic E-state index is 0.0230. The van der Waals surface area contributed by atoms with Crippen LogP contribution in [0.1, 0.15) is 40.4 Å². The first-order valence-electron chi connectivity index (χ1n) is 9.25. The van der Waals surface area contributed by atoms with E-state index >= 15 is 0 Å². The number of hydrogen-bond acceptors (Lipinski definition) is 3. The van der Waals surface area contributed by atoms with E-state index < -0.39 is 0 Å². The number of anilines is 1. The van der Waals surface area contributed by atoms with Crippen molar-refractivity contribution in [2.45, 2.75) is 25.3 Å². The molecular formula is C21H25N3O. The molecule has 2 aliphatic heterocycles. The second kappa shape index (κ2) is 7.28. The van der Waals surface area contributed by atoms with Crippen molar-refractivity contribution in [1.29, 1.82) is 0 Å². The maximum absolute atomic E-state index is 12.6. The number of fused-ring (bicyclic) bond motifs is 1. The van der Waals surface area contributed by atoms with E-state index in [1.54, 1.807) is 0 Å². The molecule has 0 aromatic heterocycles. The highest BCUT2D eigenvalue weighted by molar-refractivity contribution is 5.95. The zero-order valence-corrected chi connectivity index (χ0v) is 14.5. The number of likely N-dealkylation sites (tertiary alicyclic amines) is 1. The average Bonchev–Trinajstić information content (AvgIpc) is 3.34. The molecule has 4 rings (SSSR count). The molecule has 2 aliphatic rings. The molecule has 2 aromatic rings. The molecule has 2 heterocycles. The fraction of sp³-hybridized carbons (Fsp3) is 0.381. The van der Waals surface area contributed by atoms with Gasteiger partial charge in [0.2, 0.25) is 0 Å². The molecule has 1 fully saturated rings. The molecule has 2 aromatic carbocycles. The lowest BCUT2D eigenvalue weighted by molar-refractivity contribution is 0.0938. The van der Waals surface area contributed by atoms with Crippen LogP contribution in [0, 0.1) is 0 Å². The number of carbonyl (C=O) groups excluding carboxylic acids is 1. The first-order valence-corrected chi connectivity index (χ1v) is 9.25. The Bertz CT molecular complexity index is 738. The van der Waals surface area contributed by atoms with Crippen LogP contribution in [0.15, 0.2) is 48.5 Å². The van der Waals surface area contributed by atoms with Crippen molar-refractivity contribution >= 4 is 11.6 Å². The van der Waals surface area contributed by atoms with Gasteiger partial charge in [-0.1, -0.05) is 30.3 Å². The Morgan fingerprint density at radius 2 is 1.92 bits per heavy atom. The molecular weight excluding hydrogens is 310 g/mol. The summed E-state index contributed by atoms with van der Waals surface area (Å²) < 4.78 is 0. The van der Waals surface area contributed by atoms with Crippen LogP contribution in [0.3, 0.4) is 0 Å². The molecule has 0 aliphatic carbocycles. The van der Waals surface area contributed by atoms with Crippen molar-refractivity contribution in [1.82, 2.24) is 10.2 Å². The van der Waals surface area contributed by atoms with Gasteiger partial charge in [-0.3, -0.25) is 9.69 Å². The van der Waals surface area contributed by atoms with Crippen LogP contribution < -0.4 is 10.6 Å². The van der Waals surface area contributed by atoms with Gasteiger partial charge in [0.05, 0.1) is 6.04 Å². The number of nitrogens with one attached hydrogen (secondary N) is 2. The maximum atomic E-state index is 12.6. The minimum absolute atomic E-state index is 0.0230. The first-order chi connectivity index (χ1) is 12.3. The summed E-state index contributed by atoms with van der Waals surface area (Å²) in [6, 6.07) is 16.7. The normalized spacial score (nSPS) is 17.8. The summed E-state index contributed by atoms with van der Waals surface area (Å²) >= 11 is 0. The van der Waals surface area contributed by atoms with E-state index in [2.05, 4.69) is 39.8 Å². The van der Waals surface area contributed by atoms with Gasteiger partial charge in [-0.2, -0.15) is 0 Å². The van der Waals surface area contributed by atoms with Gasteiger partial charge in [-0.15, -0.1) is 0 Å². The highest BCUT2D eigenvalue weighted by atomic mass is 16.1. The largest absolute Gasteiger partial charge is 0.384 e. The summed E-state index contributed by atoms with van der Waals surface area (Å²) in [4.78, 5) is 15.1. The van der Waals surface area contributed by atoms with Crippen LogP contribution in [0.4, 0.5) is 5.69 Å². The SMILES string of the molecule is O=C(NCC(c1ccccc1)N1CCCC1)c1ccc2c(c1)CCN2. The minimum Gasteiger partial charge on any atom is -0.384 e. The monoisotopic (exact) mass is 335 g/mol. The summed E-state index contributed by atoms with van der Waals surface area (Å²) in [5, 5.41) is 6.50. The Hall–Kier alpha value is -2.33. The maximum Gasteiger partial charge on any atom is 0.251 e. The van der Waals surface area contributed by atoms with Gasteiger partial charge < -0.3 is 10.6 Å². The Labute approximate surface area is 149 Å². The first kappa shape index (κ1) is 16.2. The third kappa shape index (κ3) is 3.54. The van der Waals surface area contributed by atoms with E-state index in [-0.39, 0.29) is 11.9 Å². The molecule has 2 N–H and O–H groups in total. The van der Waals surface area contributed by atoms with Crippen LogP contribution >= 0.6 is 0 Å². The van der Waals surface area contributed by atoms with Crippen molar-refractivity contribution in [3.8, 4) is 0 Å². The molecule has 0 saturated carbocycles. The highest BCUT2D eigenvalue weighted by Gasteiger charge is 2.24. The fourth-order valence-electron chi connectivity index (χ4n) is 3.92. The second-order valence-corrected chi connectivity index (χ2v) is 6.93. The van der Waals surface area contributed by atoms with Crippen molar-refractivity contribution in [2.75, 3.05) is 31.5 Å². The molecule has 4 heteroatoms. The van der Waals surface area contributed by atoms with E-state index in [1.807, 2.05) is 24.3 Å². The van der Waals surface area contributed by atoms with Gasteiger partial charge in [0.15, 0.2) is 0 Å².